The molecule has 0 radical (unpaired) electrons. The van der Waals surface area contributed by atoms with E-state index >= 15 is 0 Å². The maximum atomic E-state index is 12.0. The van der Waals surface area contributed by atoms with Gasteiger partial charge in [0.05, 0.1) is 4.90 Å². The molecule has 1 heterocycles. The molecule has 6 heteroatoms. The van der Waals surface area contributed by atoms with Gasteiger partial charge in [0.1, 0.15) is 5.49 Å². The number of nitrogens with two attached hydrogens (primary N) is 1. The Labute approximate surface area is 105 Å². The molecule has 0 bridgehead atoms. The molecule has 0 aliphatic heterocycles. The van der Waals surface area contributed by atoms with Crippen LogP contribution in [0.4, 0.5) is 5.69 Å². The van der Waals surface area contributed by atoms with Crippen molar-refractivity contribution in [1.82, 2.24) is 4.57 Å². The fraction of sp³-hybridized carbons (Fsp3) is 0.0833. The molecule has 2 N–H and O–H groups in total. The quantitative estimate of drug-likeness (QED) is 0.818. The lowest BCUT2D eigenvalue weighted by molar-refractivity contribution is 0.595. The summed E-state index contributed by atoms with van der Waals surface area (Å²) in [5.74, 6) is 0. The summed E-state index contributed by atoms with van der Waals surface area (Å²) in [4.78, 5) is 0.126. The number of hydrogen-bond donors (Lipinski definition) is 1. The van der Waals surface area contributed by atoms with Gasteiger partial charge in [0.25, 0.3) is 10.0 Å². The normalized spacial score (nSPS) is 12.6. The lowest BCUT2D eigenvalue weighted by Gasteiger charge is -2.01. The molecule has 1 aromatic heterocycles. The Hall–Kier alpha value is -2.08. The Balaban J connectivity index is 2.55. The first kappa shape index (κ1) is 12.4. The number of anilines is 1. The molecule has 0 atom stereocenters. The van der Waals surface area contributed by atoms with E-state index in [2.05, 4.69) is 4.40 Å². The van der Waals surface area contributed by atoms with E-state index in [1.807, 2.05) is 0 Å². The molecule has 0 amide bonds. The van der Waals surface area contributed by atoms with Crippen molar-refractivity contribution < 1.29 is 8.42 Å². The minimum Gasteiger partial charge on any atom is -0.399 e. The van der Waals surface area contributed by atoms with Crippen molar-refractivity contribution in [3.8, 4) is 0 Å². The average molecular weight is 263 g/mol. The Morgan fingerprint density at radius 3 is 2.39 bits per heavy atom. The molecular weight excluding hydrogens is 250 g/mol. The Bertz CT molecular complexity index is 715. The fourth-order valence-electron chi connectivity index (χ4n) is 1.42. The van der Waals surface area contributed by atoms with Crippen molar-refractivity contribution in [3.05, 3.63) is 54.1 Å². The predicted molar refractivity (Wildman–Crippen MR) is 69.0 cm³/mol. The number of rotatable bonds is 2. The van der Waals surface area contributed by atoms with E-state index in [0.717, 1.165) is 0 Å². The highest BCUT2D eigenvalue weighted by molar-refractivity contribution is 7.90. The van der Waals surface area contributed by atoms with Crippen LogP contribution in [0.5, 0.6) is 0 Å². The zero-order chi connectivity index (χ0) is 13.2. The van der Waals surface area contributed by atoms with Crippen molar-refractivity contribution in [3.63, 3.8) is 0 Å². The highest BCUT2D eigenvalue weighted by Gasteiger charge is 2.11. The van der Waals surface area contributed by atoms with Gasteiger partial charge in [-0.3, -0.25) is 0 Å². The standard InChI is InChI=1S/C12H13N3O2S/c1-15-9-3-2-4-12(15)14-18(16,17)11-7-5-10(13)6-8-11/h2-9H,13H2,1H3/b14-12+. The van der Waals surface area contributed by atoms with E-state index in [0.29, 0.717) is 11.2 Å². The molecule has 94 valence electrons. The molecule has 0 saturated carbocycles. The fourth-order valence-corrected chi connectivity index (χ4v) is 2.45. The van der Waals surface area contributed by atoms with Gasteiger partial charge in [-0.15, -0.1) is 4.40 Å². The van der Waals surface area contributed by atoms with Gasteiger partial charge < -0.3 is 10.3 Å². The number of sulfonamides is 1. The van der Waals surface area contributed by atoms with Gasteiger partial charge in [-0.25, -0.2) is 0 Å². The van der Waals surface area contributed by atoms with E-state index in [1.54, 1.807) is 36.0 Å². The van der Waals surface area contributed by atoms with Crippen LogP contribution in [0.15, 0.2) is 58.0 Å². The third-order valence-electron chi connectivity index (χ3n) is 2.42. The Morgan fingerprint density at radius 1 is 1.11 bits per heavy atom. The molecule has 2 rings (SSSR count). The van der Waals surface area contributed by atoms with Crippen LogP contribution in [0, 0.1) is 0 Å². The summed E-state index contributed by atoms with van der Waals surface area (Å²) in [6.45, 7) is 0. The second-order valence-corrected chi connectivity index (χ2v) is 5.41. The third-order valence-corrected chi connectivity index (χ3v) is 3.71. The first-order valence-electron chi connectivity index (χ1n) is 5.27. The van der Waals surface area contributed by atoms with Gasteiger partial charge in [-0.2, -0.15) is 8.42 Å². The summed E-state index contributed by atoms with van der Waals surface area (Å²) in [6.07, 6.45) is 1.73. The van der Waals surface area contributed by atoms with Crippen LogP contribution in [0.1, 0.15) is 0 Å². The SMILES string of the molecule is Cn1cccc/c1=N\S(=O)(=O)c1ccc(N)cc1. The van der Waals surface area contributed by atoms with Gasteiger partial charge in [-0.05, 0) is 36.4 Å². The zero-order valence-electron chi connectivity index (χ0n) is 9.82. The highest BCUT2D eigenvalue weighted by atomic mass is 32.2. The molecule has 0 aliphatic carbocycles. The molecule has 0 unspecified atom stereocenters. The summed E-state index contributed by atoms with van der Waals surface area (Å²) in [5, 5.41) is 0. The highest BCUT2D eigenvalue weighted by Crippen LogP contribution is 2.13. The monoisotopic (exact) mass is 263 g/mol. The van der Waals surface area contributed by atoms with Gasteiger partial charge in [0, 0.05) is 18.9 Å². The second-order valence-electron chi connectivity index (χ2n) is 3.81. The number of aromatic nitrogens is 1. The van der Waals surface area contributed by atoms with Crippen LogP contribution >= 0.6 is 0 Å². The van der Waals surface area contributed by atoms with E-state index in [4.69, 9.17) is 5.73 Å². The van der Waals surface area contributed by atoms with Gasteiger partial charge in [0.2, 0.25) is 0 Å². The van der Waals surface area contributed by atoms with Crippen LogP contribution in [0.25, 0.3) is 0 Å². The lowest BCUT2D eigenvalue weighted by atomic mass is 10.3. The van der Waals surface area contributed by atoms with Gasteiger partial charge in [0.15, 0.2) is 0 Å². The van der Waals surface area contributed by atoms with Crippen LogP contribution in [0.2, 0.25) is 0 Å². The number of nitrogen functional groups attached to an aromatic ring is 1. The van der Waals surface area contributed by atoms with Crippen molar-refractivity contribution in [2.24, 2.45) is 11.4 Å². The first-order chi connectivity index (χ1) is 8.49. The van der Waals surface area contributed by atoms with Crippen LogP contribution in [0.3, 0.4) is 0 Å². The van der Waals surface area contributed by atoms with Crippen molar-refractivity contribution in [2.75, 3.05) is 5.73 Å². The zero-order valence-corrected chi connectivity index (χ0v) is 10.6. The molecule has 0 fully saturated rings. The summed E-state index contributed by atoms with van der Waals surface area (Å²) >= 11 is 0. The number of pyridine rings is 1. The summed E-state index contributed by atoms with van der Waals surface area (Å²) in [7, 11) is -1.97. The van der Waals surface area contributed by atoms with Crippen molar-refractivity contribution >= 4 is 15.7 Å². The molecule has 0 aliphatic rings. The van der Waals surface area contributed by atoms with Gasteiger partial charge in [-0.1, -0.05) is 6.07 Å². The maximum Gasteiger partial charge on any atom is 0.284 e. The van der Waals surface area contributed by atoms with E-state index in [1.165, 1.54) is 24.3 Å². The largest absolute Gasteiger partial charge is 0.399 e. The Morgan fingerprint density at radius 2 is 1.78 bits per heavy atom. The minimum absolute atomic E-state index is 0.126. The third kappa shape index (κ3) is 2.60. The molecule has 18 heavy (non-hydrogen) atoms. The minimum atomic E-state index is -3.70. The molecule has 1 aromatic carbocycles. The molecule has 0 spiro atoms. The van der Waals surface area contributed by atoms with Crippen molar-refractivity contribution in [2.45, 2.75) is 4.90 Å². The van der Waals surface area contributed by atoms with Gasteiger partial charge >= 0.3 is 0 Å². The van der Waals surface area contributed by atoms with E-state index in [-0.39, 0.29) is 4.90 Å². The number of hydrogen-bond acceptors (Lipinski definition) is 3. The maximum absolute atomic E-state index is 12.0. The van der Waals surface area contributed by atoms with E-state index in [9.17, 15) is 8.42 Å². The average Bonchev–Trinajstić information content (AvgIpc) is 2.32. The topological polar surface area (TPSA) is 77.5 Å². The second kappa shape index (κ2) is 4.66. The molecule has 5 nitrogen and oxygen atoms in total. The van der Waals surface area contributed by atoms with Crippen LogP contribution in [-0.4, -0.2) is 13.0 Å². The van der Waals surface area contributed by atoms with Crippen LogP contribution < -0.4 is 11.2 Å². The van der Waals surface area contributed by atoms with Crippen molar-refractivity contribution in [1.29, 1.82) is 0 Å². The number of benzene rings is 1. The van der Waals surface area contributed by atoms with E-state index < -0.39 is 10.0 Å². The molecule has 0 saturated heterocycles. The lowest BCUT2D eigenvalue weighted by Crippen LogP contribution is -2.18. The molecule has 2 aromatic rings. The first-order valence-corrected chi connectivity index (χ1v) is 6.71. The predicted octanol–water partition coefficient (Wildman–Crippen LogP) is 0.897. The van der Waals surface area contributed by atoms with Crippen LogP contribution in [-0.2, 0) is 17.1 Å². The Kier molecular flexibility index (Phi) is 3.20. The summed E-state index contributed by atoms with van der Waals surface area (Å²) < 4.78 is 29.5. The number of aryl methyl sites for hydroxylation is 1. The summed E-state index contributed by atoms with van der Waals surface area (Å²) in [5.41, 5.74) is 6.40. The smallest absolute Gasteiger partial charge is 0.284 e. The number of nitrogens with zero attached hydrogens (tertiary/aromatic N) is 2. The molecular formula is C12H13N3O2S. The summed E-state index contributed by atoms with van der Waals surface area (Å²) in [6, 6.07) is 11.1.